The second kappa shape index (κ2) is 11.8. The van der Waals surface area contributed by atoms with E-state index in [0.717, 1.165) is 37.0 Å². The summed E-state index contributed by atoms with van der Waals surface area (Å²) in [4.78, 5) is 10.5. The highest BCUT2D eigenvalue weighted by Crippen LogP contribution is 2.68. The summed E-state index contributed by atoms with van der Waals surface area (Å²) in [5.74, 6) is 4.98. The molecular formula is C32H58N2O5S. The molecule has 4 rings (SSSR count). The summed E-state index contributed by atoms with van der Waals surface area (Å²) in [6.07, 6.45) is 16.8. The fourth-order valence-electron chi connectivity index (χ4n) is 10.3. The zero-order valence-electron chi connectivity index (χ0n) is 25.9. The van der Waals surface area contributed by atoms with Crippen LogP contribution in [0.3, 0.4) is 0 Å². The Balaban J connectivity index is 1.21. The van der Waals surface area contributed by atoms with Crippen LogP contribution >= 0.6 is 0 Å². The minimum Gasteiger partial charge on any atom is -0.387 e. The van der Waals surface area contributed by atoms with Gasteiger partial charge in [0.15, 0.2) is 4.87 Å². The summed E-state index contributed by atoms with van der Waals surface area (Å²) in [5.41, 5.74) is 4.94. The molecular weight excluding hydrogens is 524 g/mol. The number of carbonyl (C=O) groups excluding carboxylic acids is 1. The number of amides is 1. The van der Waals surface area contributed by atoms with E-state index < -0.39 is 20.6 Å². The van der Waals surface area contributed by atoms with Gasteiger partial charge < -0.3 is 16.2 Å². The summed E-state index contributed by atoms with van der Waals surface area (Å²) in [6, 6.07) is 0. The van der Waals surface area contributed by atoms with Crippen molar-refractivity contribution in [3.8, 4) is 0 Å². The predicted octanol–water partition coefficient (Wildman–Crippen LogP) is 6.05. The van der Waals surface area contributed by atoms with E-state index in [9.17, 15) is 22.9 Å². The van der Waals surface area contributed by atoms with Crippen molar-refractivity contribution < 1.29 is 22.9 Å². The van der Waals surface area contributed by atoms with Gasteiger partial charge in [-0.15, -0.1) is 0 Å². The van der Waals surface area contributed by atoms with Crippen LogP contribution < -0.4 is 11.1 Å². The van der Waals surface area contributed by atoms with Gasteiger partial charge in [-0.25, -0.2) is 0 Å². The molecule has 6 unspecified atom stereocenters. The summed E-state index contributed by atoms with van der Waals surface area (Å²) < 4.78 is 32.4. The van der Waals surface area contributed by atoms with Crippen LogP contribution in [0.2, 0.25) is 0 Å². The van der Waals surface area contributed by atoms with Crippen molar-refractivity contribution >= 4 is 16.0 Å². The zero-order chi connectivity index (χ0) is 29.6. The molecule has 0 heterocycles. The Bertz CT molecular complexity index is 1010. The first kappa shape index (κ1) is 32.2. The first-order chi connectivity index (χ1) is 18.5. The van der Waals surface area contributed by atoms with E-state index >= 15 is 0 Å². The highest BCUT2D eigenvalue weighted by Gasteiger charge is 2.60. The van der Waals surface area contributed by atoms with Crippen molar-refractivity contribution in [3.63, 3.8) is 0 Å². The van der Waals surface area contributed by atoms with Crippen molar-refractivity contribution in [2.75, 3.05) is 6.54 Å². The first-order valence-electron chi connectivity index (χ1n) is 16.3. The quantitative estimate of drug-likeness (QED) is 0.173. The molecule has 4 saturated carbocycles. The van der Waals surface area contributed by atoms with Crippen LogP contribution in [0.1, 0.15) is 131 Å². The Morgan fingerprint density at radius 1 is 1.00 bits per heavy atom. The molecule has 5 N–H and O–H groups in total. The van der Waals surface area contributed by atoms with Crippen LogP contribution in [0.15, 0.2) is 0 Å². The van der Waals surface area contributed by atoms with Gasteiger partial charge in [0, 0.05) is 13.0 Å². The van der Waals surface area contributed by atoms with Crippen molar-refractivity contribution in [1.82, 2.24) is 5.32 Å². The van der Waals surface area contributed by atoms with E-state index in [-0.39, 0.29) is 12.3 Å². The van der Waals surface area contributed by atoms with Gasteiger partial charge in [-0.3, -0.25) is 9.35 Å². The number of hydrogen-bond donors (Lipinski definition) is 4. The normalized spacial score (nSPS) is 39.6. The molecule has 0 aromatic heterocycles. The van der Waals surface area contributed by atoms with E-state index in [2.05, 4.69) is 26.1 Å². The van der Waals surface area contributed by atoms with E-state index in [1.165, 1.54) is 71.1 Å². The molecule has 0 aromatic carbocycles. The Morgan fingerprint density at radius 2 is 1.70 bits per heavy atom. The molecule has 0 aromatic rings. The van der Waals surface area contributed by atoms with Gasteiger partial charge in [-0.05, 0) is 137 Å². The molecule has 10 atom stereocenters. The SMILES string of the molecule is C[C@H](CCC(=O)NCCCCC(C)(O)C(C)(N)S(=O)(=O)O)[C@H]1CCC2C3CCC4CCCC[C@]4(C)C3CC[C@@]21C. The average molecular weight is 583 g/mol. The Morgan fingerprint density at radius 3 is 2.40 bits per heavy atom. The minimum atomic E-state index is -4.61. The molecule has 40 heavy (non-hydrogen) atoms. The zero-order valence-corrected chi connectivity index (χ0v) is 26.7. The van der Waals surface area contributed by atoms with Crippen LogP contribution in [-0.4, -0.2) is 41.0 Å². The Labute approximate surface area is 244 Å². The number of unbranched alkanes of at least 4 members (excludes halogenated alkanes) is 1. The molecule has 0 radical (unpaired) electrons. The van der Waals surface area contributed by atoms with E-state index in [0.29, 0.717) is 48.5 Å². The standard InChI is InChI=1S/C32H58N2O5S/c1-22(11-16-28(35)34-21-9-8-19-31(4,36)32(5,33)40(37,38)39)25-14-15-26-24-13-12-23-10-6-7-18-29(23,2)27(24)17-20-30(25,26)3/h22-27,36H,6-21,33H2,1-5H3,(H,34,35)(H,37,38,39)/t22-,23?,24?,25-,26?,27?,29+,30-,31?,32?/m1/s1. The smallest absolute Gasteiger partial charge is 0.286 e. The molecule has 0 saturated heterocycles. The molecule has 0 spiro atoms. The number of fused-ring (bicyclic) bond motifs is 5. The first-order valence-corrected chi connectivity index (χ1v) is 17.7. The van der Waals surface area contributed by atoms with Crippen LogP contribution in [-0.2, 0) is 14.9 Å². The molecule has 232 valence electrons. The monoisotopic (exact) mass is 582 g/mol. The number of rotatable bonds is 11. The second-order valence-electron chi connectivity index (χ2n) is 15.3. The van der Waals surface area contributed by atoms with E-state index in [1.54, 1.807) is 0 Å². The van der Waals surface area contributed by atoms with Crippen molar-refractivity contribution in [1.29, 1.82) is 0 Å². The van der Waals surface area contributed by atoms with Gasteiger partial charge in [-0.1, -0.05) is 33.6 Å². The summed E-state index contributed by atoms with van der Waals surface area (Å²) >= 11 is 0. The maximum Gasteiger partial charge on any atom is 0.286 e. The average Bonchev–Trinajstić information content (AvgIpc) is 3.23. The third-order valence-corrected chi connectivity index (χ3v) is 14.7. The number of nitrogens with one attached hydrogen (secondary N) is 1. The lowest BCUT2D eigenvalue weighted by atomic mass is 9.44. The maximum absolute atomic E-state index is 12.6. The molecule has 7 nitrogen and oxygen atoms in total. The largest absolute Gasteiger partial charge is 0.387 e. The van der Waals surface area contributed by atoms with Crippen LogP contribution in [0.25, 0.3) is 0 Å². The number of carbonyl (C=O) groups is 1. The van der Waals surface area contributed by atoms with Gasteiger partial charge in [0.25, 0.3) is 10.1 Å². The number of aliphatic hydroxyl groups is 1. The fourth-order valence-corrected chi connectivity index (χ4v) is 10.9. The molecule has 0 bridgehead atoms. The molecule has 4 aliphatic rings. The molecule has 4 fully saturated rings. The molecule has 0 aliphatic heterocycles. The molecule has 1 amide bonds. The summed E-state index contributed by atoms with van der Waals surface area (Å²) in [6.45, 7) is 10.5. The number of nitrogens with two attached hydrogens (primary N) is 1. The highest BCUT2D eigenvalue weighted by molar-refractivity contribution is 7.87. The fraction of sp³-hybridized carbons (Fsp3) is 0.969. The maximum atomic E-state index is 12.6. The van der Waals surface area contributed by atoms with Crippen molar-refractivity contribution in [2.45, 2.75) is 141 Å². The van der Waals surface area contributed by atoms with E-state index in [1.807, 2.05) is 0 Å². The third kappa shape index (κ3) is 5.90. The third-order valence-electron chi connectivity index (χ3n) is 13.2. The summed E-state index contributed by atoms with van der Waals surface area (Å²) in [7, 11) is -4.61. The minimum absolute atomic E-state index is 0.0622. The topological polar surface area (TPSA) is 130 Å². The van der Waals surface area contributed by atoms with Crippen LogP contribution in [0.5, 0.6) is 0 Å². The van der Waals surface area contributed by atoms with Gasteiger partial charge in [0.1, 0.15) is 0 Å². The van der Waals surface area contributed by atoms with Gasteiger partial charge >= 0.3 is 0 Å². The van der Waals surface area contributed by atoms with Crippen LogP contribution in [0.4, 0.5) is 0 Å². The van der Waals surface area contributed by atoms with Crippen molar-refractivity contribution in [2.24, 2.45) is 52.1 Å². The van der Waals surface area contributed by atoms with Gasteiger partial charge in [0.2, 0.25) is 5.91 Å². The summed E-state index contributed by atoms with van der Waals surface area (Å²) in [5, 5.41) is 13.5. The van der Waals surface area contributed by atoms with Gasteiger partial charge in [0.05, 0.1) is 5.60 Å². The Kier molecular flexibility index (Phi) is 9.48. The molecule has 4 aliphatic carbocycles. The lowest BCUT2D eigenvalue weighted by Crippen LogP contribution is -2.61. The second-order valence-corrected chi connectivity index (χ2v) is 17.1. The molecule has 8 heteroatoms. The predicted molar refractivity (Wildman–Crippen MR) is 160 cm³/mol. The van der Waals surface area contributed by atoms with Gasteiger partial charge in [-0.2, -0.15) is 8.42 Å². The van der Waals surface area contributed by atoms with Crippen molar-refractivity contribution in [3.05, 3.63) is 0 Å². The van der Waals surface area contributed by atoms with E-state index in [4.69, 9.17) is 5.73 Å². The lowest BCUT2D eigenvalue weighted by Gasteiger charge is -2.61. The Hall–Kier alpha value is -0.700. The number of hydrogen-bond acceptors (Lipinski definition) is 5. The lowest BCUT2D eigenvalue weighted by molar-refractivity contribution is -0.122. The highest BCUT2D eigenvalue weighted by atomic mass is 32.2. The van der Waals surface area contributed by atoms with Crippen LogP contribution in [0, 0.1) is 46.3 Å².